The molecular weight excluding hydrogens is 450 g/mol. The molecule has 2 N–H and O–H groups in total. The van der Waals surface area contributed by atoms with Crippen molar-refractivity contribution < 1.29 is 14.4 Å². The van der Waals surface area contributed by atoms with E-state index in [1.54, 1.807) is 0 Å². The minimum absolute atomic E-state index is 0.181. The molecule has 0 aromatic heterocycles. The van der Waals surface area contributed by atoms with Crippen LogP contribution in [0.3, 0.4) is 0 Å². The van der Waals surface area contributed by atoms with E-state index in [4.69, 9.17) is 33.4 Å². The molecule has 0 radical (unpaired) electrons. The van der Waals surface area contributed by atoms with Crippen molar-refractivity contribution in [1.82, 2.24) is 20.4 Å². The van der Waals surface area contributed by atoms with Crippen LogP contribution in [0.5, 0.6) is 0 Å². The molecule has 1 aromatic carbocycles. The number of carbonyl (C=O) groups is 1. The molecule has 2 fully saturated rings. The summed E-state index contributed by atoms with van der Waals surface area (Å²) in [6.07, 6.45) is 2.11. The highest BCUT2D eigenvalue weighted by Gasteiger charge is 2.44. The first-order chi connectivity index (χ1) is 15.5. The molecule has 3 heterocycles. The number of ether oxygens (including phenoxy) is 1. The number of hydrogen-bond acceptors (Lipinski definition) is 6. The monoisotopic (exact) mass is 479 g/mol. The van der Waals surface area contributed by atoms with Crippen molar-refractivity contribution in [2.24, 2.45) is 5.16 Å². The van der Waals surface area contributed by atoms with Crippen LogP contribution in [0.25, 0.3) is 0 Å². The highest BCUT2D eigenvalue weighted by Crippen LogP contribution is 2.34. The van der Waals surface area contributed by atoms with E-state index in [9.17, 15) is 4.79 Å². The molecule has 0 aliphatic carbocycles. The third-order valence-corrected chi connectivity index (χ3v) is 6.89. The number of morpholine rings is 1. The van der Waals surface area contributed by atoms with Gasteiger partial charge in [-0.2, -0.15) is 0 Å². The summed E-state index contributed by atoms with van der Waals surface area (Å²) in [4.78, 5) is 22.9. The highest BCUT2D eigenvalue weighted by molar-refractivity contribution is 7.80. The van der Waals surface area contributed by atoms with Gasteiger partial charge in [0.05, 0.1) is 13.2 Å². The zero-order chi connectivity index (χ0) is 22.4. The van der Waals surface area contributed by atoms with Crippen molar-refractivity contribution >= 4 is 40.6 Å². The van der Waals surface area contributed by atoms with Gasteiger partial charge >= 0.3 is 0 Å². The molecule has 0 bridgehead atoms. The number of amides is 1. The van der Waals surface area contributed by atoms with Crippen molar-refractivity contribution in [2.75, 3.05) is 52.5 Å². The number of benzene rings is 1. The quantitative estimate of drug-likeness (QED) is 0.602. The van der Waals surface area contributed by atoms with Gasteiger partial charge in [-0.3, -0.25) is 9.69 Å². The number of rotatable bonds is 6. The Kier molecular flexibility index (Phi) is 7.83. The fourth-order valence-corrected chi connectivity index (χ4v) is 4.58. The minimum Gasteiger partial charge on any atom is -0.388 e. The lowest BCUT2D eigenvalue weighted by molar-refractivity contribution is -0.115. The van der Waals surface area contributed by atoms with Crippen LogP contribution in [0.15, 0.2) is 29.4 Å². The molecule has 10 heteroatoms. The zero-order valence-electron chi connectivity index (χ0n) is 18.1. The number of piperidine rings is 1. The van der Waals surface area contributed by atoms with Crippen molar-refractivity contribution in [3.8, 4) is 0 Å². The molecular formula is C22H30ClN5O3S. The molecule has 2 saturated heterocycles. The van der Waals surface area contributed by atoms with Crippen LogP contribution in [-0.4, -0.2) is 84.6 Å². The first-order valence-electron chi connectivity index (χ1n) is 11.1. The average Bonchev–Trinajstić information content (AvgIpc) is 3.23. The van der Waals surface area contributed by atoms with Gasteiger partial charge in [0, 0.05) is 70.1 Å². The Balaban J connectivity index is 1.16. The molecule has 0 unspecified atom stereocenters. The number of hydrogen-bond donors (Lipinski definition) is 2. The van der Waals surface area contributed by atoms with Crippen molar-refractivity contribution in [3.05, 3.63) is 34.9 Å². The van der Waals surface area contributed by atoms with E-state index in [0.717, 1.165) is 76.0 Å². The molecule has 3 aliphatic heterocycles. The van der Waals surface area contributed by atoms with Gasteiger partial charge in [0.2, 0.25) is 0 Å². The Morgan fingerprint density at radius 2 is 1.84 bits per heavy atom. The van der Waals surface area contributed by atoms with Gasteiger partial charge in [-0.25, -0.2) is 0 Å². The Bertz CT molecular complexity index is 836. The number of thiocarbonyl (C=S) groups is 1. The van der Waals surface area contributed by atoms with Gasteiger partial charge in [0.15, 0.2) is 5.11 Å². The van der Waals surface area contributed by atoms with Crippen molar-refractivity contribution in [3.63, 3.8) is 0 Å². The maximum atomic E-state index is 12.5. The fraction of sp³-hybridized carbons (Fsp3) is 0.591. The second-order valence-electron chi connectivity index (χ2n) is 8.47. The Morgan fingerprint density at radius 1 is 1.12 bits per heavy atom. The second kappa shape index (κ2) is 10.8. The molecule has 8 nitrogen and oxygen atoms in total. The van der Waals surface area contributed by atoms with Crippen molar-refractivity contribution in [1.29, 1.82) is 0 Å². The average molecular weight is 480 g/mol. The Labute approximate surface area is 199 Å². The number of nitrogens with zero attached hydrogens (tertiary/aromatic N) is 3. The number of nitrogens with one attached hydrogen (secondary N) is 2. The highest BCUT2D eigenvalue weighted by atomic mass is 35.5. The summed E-state index contributed by atoms with van der Waals surface area (Å²) < 4.78 is 5.38. The van der Waals surface area contributed by atoms with Crippen LogP contribution in [0, 0.1) is 0 Å². The van der Waals surface area contributed by atoms with Crippen LogP contribution in [-0.2, 0) is 20.9 Å². The number of halogens is 1. The molecule has 4 rings (SSSR count). The van der Waals surface area contributed by atoms with Crippen LogP contribution < -0.4 is 10.6 Å². The Morgan fingerprint density at radius 3 is 2.56 bits per heavy atom. The van der Waals surface area contributed by atoms with E-state index >= 15 is 0 Å². The lowest BCUT2D eigenvalue weighted by Crippen LogP contribution is -2.51. The SMILES string of the molecule is O=C(NCc1ccc(Cl)cc1)C1=NOC2(CCN(C(=S)NCCN3CCOCC3)CC2)C1. The molecule has 32 heavy (non-hydrogen) atoms. The van der Waals surface area contributed by atoms with E-state index in [-0.39, 0.29) is 5.91 Å². The van der Waals surface area contributed by atoms with E-state index in [1.165, 1.54) is 0 Å². The molecule has 0 saturated carbocycles. The summed E-state index contributed by atoms with van der Waals surface area (Å²) in [7, 11) is 0. The van der Waals surface area contributed by atoms with Gasteiger partial charge in [0.1, 0.15) is 11.3 Å². The summed E-state index contributed by atoms with van der Waals surface area (Å²) in [6.45, 7) is 7.38. The van der Waals surface area contributed by atoms with E-state index < -0.39 is 5.60 Å². The third kappa shape index (κ3) is 6.10. The Hall–Kier alpha value is -1.94. The van der Waals surface area contributed by atoms with Crippen LogP contribution in [0.1, 0.15) is 24.8 Å². The predicted octanol–water partition coefficient (Wildman–Crippen LogP) is 1.77. The first kappa shape index (κ1) is 23.2. The lowest BCUT2D eigenvalue weighted by atomic mass is 9.87. The largest absolute Gasteiger partial charge is 0.388 e. The normalized spacial score (nSPS) is 20.5. The maximum Gasteiger partial charge on any atom is 0.269 e. The molecule has 0 atom stereocenters. The van der Waals surface area contributed by atoms with Crippen LogP contribution in [0.2, 0.25) is 5.02 Å². The number of likely N-dealkylation sites (tertiary alicyclic amines) is 1. The summed E-state index contributed by atoms with van der Waals surface area (Å²) in [5.41, 5.74) is 1.05. The standard InChI is InChI=1S/C22H30ClN5O3S/c23-18-3-1-17(2-4-18)16-25-20(29)19-15-22(31-26-19)5-8-28(9-6-22)21(32)24-7-10-27-11-13-30-14-12-27/h1-4H,5-16H2,(H,24,32)(H,25,29). The van der Waals surface area contributed by atoms with Crippen LogP contribution >= 0.6 is 23.8 Å². The van der Waals surface area contributed by atoms with E-state index in [1.807, 2.05) is 24.3 Å². The fourth-order valence-electron chi connectivity index (χ4n) is 4.17. The van der Waals surface area contributed by atoms with E-state index in [2.05, 4.69) is 25.6 Å². The van der Waals surface area contributed by atoms with Crippen molar-refractivity contribution in [2.45, 2.75) is 31.4 Å². The molecule has 1 spiro atoms. The summed E-state index contributed by atoms with van der Waals surface area (Å²) in [5.74, 6) is -0.181. The summed E-state index contributed by atoms with van der Waals surface area (Å²) >= 11 is 11.5. The molecule has 3 aliphatic rings. The van der Waals surface area contributed by atoms with Gasteiger partial charge in [0.25, 0.3) is 5.91 Å². The number of oxime groups is 1. The minimum atomic E-state index is -0.396. The predicted molar refractivity (Wildman–Crippen MR) is 128 cm³/mol. The molecule has 1 aromatic rings. The van der Waals surface area contributed by atoms with Gasteiger partial charge in [-0.15, -0.1) is 0 Å². The van der Waals surface area contributed by atoms with E-state index in [0.29, 0.717) is 23.7 Å². The van der Waals surface area contributed by atoms with Crippen LogP contribution in [0.4, 0.5) is 0 Å². The zero-order valence-corrected chi connectivity index (χ0v) is 19.7. The number of carbonyl (C=O) groups excluding carboxylic acids is 1. The smallest absolute Gasteiger partial charge is 0.269 e. The topological polar surface area (TPSA) is 78.4 Å². The molecule has 1 amide bonds. The lowest BCUT2D eigenvalue weighted by Gasteiger charge is -2.38. The third-order valence-electron chi connectivity index (χ3n) is 6.24. The van der Waals surface area contributed by atoms with Gasteiger partial charge < -0.3 is 25.1 Å². The maximum absolute atomic E-state index is 12.5. The summed E-state index contributed by atoms with van der Waals surface area (Å²) in [5, 5.41) is 11.9. The van der Waals surface area contributed by atoms with Gasteiger partial charge in [-0.1, -0.05) is 28.9 Å². The second-order valence-corrected chi connectivity index (χ2v) is 9.29. The van der Waals surface area contributed by atoms with Gasteiger partial charge in [-0.05, 0) is 29.9 Å². The summed E-state index contributed by atoms with van der Waals surface area (Å²) in [6, 6.07) is 7.41. The molecule has 174 valence electrons. The first-order valence-corrected chi connectivity index (χ1v) is 11.9.